The van der Waals surface area contributed by atoms with E-state index in [1.54, 1.807) is 29.2 Å². The summed E-state index contributed by atoms with van der Waals surface area (Å²) in [5, 5.41) is 0. The molecule has 0 N–H and O–H groups in total. The average Bonchev–Trinajstić information content (AvgIpc) is 2.95. The van der Waals surface area contributed by atoms with Crippen LogP contribution in [0.2, 0.25) is 0 Å². The number of pyridine rings is 1. The average molecular weight is 275 g/mol. The molecule has 1 aromatic rings. The minimum absolute atomic E-state index is 0.0492. The van der Waals surface area contributed by atoms with Crippen LogP contribution >= 0.6 is 0 Å². The van der Waals surface area contributed by atoms with Gasteiger partial charge in [-0.3, -0.25) is 9.59 Å². The Morgan fingerprint density at radius 2 is 2.30 bits per heavy atom. The molecule has 6 heteroatoms. The van der Waals surface area contributed by atoms with Crippen LogP contribution in [0.4, 0.5) is 0 Å². The fraction of sp³-hybridized carbons (Fsp3) is 0.500. The maximum Gasteiger partial charge on any atom is 0.246 e. The van der Waals surface area contributed by atoms with Crippen molar-refractivity contribution in [2.45, 2.75) is 25.4 Å². The quantitative estimate of drug-likeness (QED) is 0.802. The number of carbonyl (C=O) groups is 2. The van der Waals surface area contributed by atoms with Crippen LogP contribution in [-0.2, 0) is 16.1 Å². The van der Waals surface area contributed by atoms with Gasteiger partial charge < -0.3 is 14.5 Å². The molecule has 3 heterocycles. The van der Waals surface area contributed by atoms with Gasteiger partial charge in [0.15, 0.2) is 0 Å². The molecular formula is C14H17N3O3. The maximum absolute atomic E-state index is 12.4. The summed E-state index contributed by atoms with van der Waals surface area (Å²) in [6, 6.07) is 3.38. The number of ether oxygens (including phenoxy) is 1. The molecule has 0 radical (unpaired) electrons. The Labute approximate surface area is 117 Å². The van der Waals surface area contributed by atoms with E-state index in [4.69, 9.17) is 4.74 Å². The molecule has 106 valence electrons. The number of hydrogen-bond acceptors (Lipinski definition) is 4. The predicted octanol–water partition coefficient (Wildman–Crippen LogP) is 0.423. The van der Waals surface area contributed by atoms with Crippen molar-refractivity contribution < 1.29 is 14.3 Å². The largest absolute Gasteiger partial charge is 0.481 e. The van der Waals surface area contributed by atoms with Crippen molar-refractivity contribution in [2.75, 3.05) is 20.2 Å². The molecule has 2 fully saturated rings. The normalized spacial score (nSPS) is 22.1. The number of methoxy groups -OCH3 is 1. The van der Waals surface area contributed by atoms with Crippen LogP contribution in [0.25, 0.3) is 0 Å². The minimum atomic E-state index is -0.250. The highest BCUT2D eigenvalue weighted by molar-refractivity contribution is 5.95. The summed E-state index contributed by atoms with van der Waals surface area (Å²) in [6.07, 6.45) is 3.34. The van der Waals surface area contributed by atoms with E-state index in [1.165, 1.54) is 0 Å². The van der Waals surface area contributed by atoms with Gasteiger partial charge in [-0.15, -0.1) is 0 Å². The topological polar surface area (TPSA) is 62.7 Å². The molecule has 0 aromatic carbocycles. The second kappa shape index (κ2) is 5.11. The Morgan fingerprint density at radius 3 is 3.10 bits per heavy atom. The van der Waals surface area contributed by atoms with Crippen LogP contribution in [0.1, 0.15) is 18.4 Å². The molecule has 6 nitrogen and oxygen atoms in total. The van der Waals surface area contributed by atoms with Crippen LogP contribution in [0.15, 0.2) is 18.3 Å². The molecule has 2 aliphatic rings. The minimum Gasteiger partial charge on any atom is -0.481 e. The molecule has 2 saturated heterocycles. The fourth-order valence-electron chi connectivity index (χ4n) is 2.88. The molecule has 1 unspecified atom stereocenters. The third-order valence-corrected chi connectivity index (χ3v) is 3.88. The van der Waals surface area contributed by atoms with Crippen molar-refractivity contribution in [1.29, 1.82) is 0 Å². The van der Waals surface area contributed by atoms with E-state index in [9.17, 15) is 9.59 Å². The van der Waals surface area contributed by atoms with E-state index in [2.05, 4.69) is 4.98 Å². The number of piperazine rings is 1. The van der Waals surface area contributed by atoms with Gasteiger partial charge in [0.1, 0.15) is 12.6 Å². The molecule has 0 saturated carbocycles. The third-order valence-electron chi connectivity index (χ3n) is 3.88. The molecule has 1 aromatic heterocycles. The third kappa shape index (κ3) is 2.21. The summed E-state index contributed by atoms with van der Waals surface area (Å²) in [7, 11) is 1.55. The van der Waals surface area contributed by atoms with E-state index in [0.29, 0.717) is 19.0 Å². The second-order valence-electron chi connectivity index (χ2n) is 5.15. The highest BCUT2D eigenvalue weighted by atomic mass is 16.5. The number of aromatic nitrogens is 1. The van der Waals surface area contributed by atoms with Crippen molar-refractivity contribution in [2.24, 2.45) is 0 Å². The van der Waals surface area contributed by atoms with Crippen LogP contribution in [0.5, 0.6) is 5.88 Å². The monoisotopic (exact) mass is 275 g/mol. The Bertz CT molecular complexity index is 546. The summed E-state index contributed by atoms with van der Waals surface area (Å²) < 4.78 is 5.07. The smallest absolute Gasteiger partial charge is 0.246 e. The molecular weight excluding hydrogens is 258 g/mol. The predicted molar refractivity (Wildman–Crippen MR) is 70.9 cm³/mol. The molecule has 0 aliphatic carbocycles. The van der Waals surface area contributed by atoms with Crippen LogP contribution in [0, 0.1) is 0 Å². The van der Waals surface area contributed by atoms with Gasteiger partial charge in [-0.25, -0.2) is 4.98 Å². The highest BCUT2D eigenvalue weighted by Gasteiger charge is 2.41. The van der Waals surface area contributed by atoms with Gasteiger partial charge in [0.05, 0.1) is 7.11 Å². The Hall–Kier alpha value is -2.11. The highest BCUT2D eigenvalue weighted by Crippen LogP contribution is 2.24. The Morgan fingerprint density at radius 1 is 1.45 bits per heavy atom. The lowest BCUT2D eigenvalue weighted by Crippen LogP contribution is -2.56. The van der Waals surface area contributed by atoms with E-state index in [0.717, 1.165) is 18.4 Å². The molecule has 0 spiro atoms. The van der Waals surface area contributed by atoms with Crippen molar-refractivity contribution in [3.05, 3.63) is 23.9 Å². The standard InChI is InChI=1S/C14H17N3O3/c1-20-12-7-10(4-5-15-12)8-16-9-13(18)17-6-2-3-11(17)14(16)19/h4-5,7,11H,2-3,6,8-9H2,1H3. The molecule has 2 aliphatic heterocycles. The van der Waals surface area contributed by atoms with Crippen molar-refractivity contribution >= 4 is 11.8 Å². The zero-order valence-corrected chi connectivity index (χ0v) is 11.4. The van der Waals surface area contributed by atoms with Gasteiger partial charge >= 0.3 is 0 Å². The van der Waals surface area contributed by atoms with E-state index in [-0.39, 0.29) is 24.4 Å². The number of nitrogens with zero attached hydrogens (tertiary/aromatic N) is 3. The first-order valence-corrected chi connectivity index (χ1v) is 6.76. The number of rotatable bonds is 3. The zero-order chi connectivity index (χ0) is 14.1. The van der Waals surface area contributed by atoms with Crippen LogP contribution < -0.4 is 4.74 Å². The van der Waals surface area contributed by atoms with Crippen molar-refractivity contribution in [3.8, 4) is 5.88 Å². The van der Waals surface area contributed by atoms with Gasteiger partial charge in [0, 0.05) is 25.4 Å². The van der Waals surface area contributed by atoms with Gasteiger partial charge in [0.25, 0.3) is 0 Å². The summed E-state index contributed by atoms with van der Waals surface area (Å²) in [5.41, 5.74) is 0.921. The summed E-state index contributed by atoms with van der Waals surface area (Å²) in [6.45, 7) is 1.31. The molecule has 20 heavy (non-hydrogen) atoms. The van der Waals surface area contributed by atoms with Crippen molar-refractivity contribution in [3.63, 3.8) is 0 Å². The van der Waals surface area contributed by atoms with E-state index >= 15 is 0 Å². The summed E-state index contributed by atoms with van der Waals surface area (Å²) in [5.74, 6) is 0.617. The van der Waals surface area contributed by atoms with Crippen LogP contribution in [-0.4, -0.2) is 52.8 Å². The SMILES string of the molecule is COc1cc(CN2CC(=O)N3CCCC3C2=O)ccn1. The van der Waals surface area contributed by atoms with Gasteiger partial charge in [-0.05, 0) is 24.5 Å². The summed E-state index contributed by atoms with van der Waals surface area (Å²) >= 11 is 0. The molecule has 3 rings (SSSR count). The summed E-state index contributed by atoms with van der Waals surface area (Å²) in [4.78, 5) is 31.8. The molecule has 2 amide bonds. The number of carbonyl (C=O) groups excluding carboxylic acids is 2. The lowest BCUT2D eigenvalue weighted by Gasteiger charge is -2.36. The Balaban J connectivity index is 1.76. The number of hydrogen-bond donors (Lipinski definition) is 0. The first-order chi connectivity index (χ1) is 9.69. The number of fused-ring (bicyclic) bond motifs is 1. The van der Waals surface area contributed by atoms with Crippen LogP contribution in [0.3, 0.4) is 0 Å². The Kier molecular flexibility index (Phi) is 3.30. The maximum atomic E-state index is 12.4. The van der Waals surface area contributed by atoms with Crippen molar-refractivity contribution in [1.82, 2.24) is 14.8 Å². The van der Waals surface area contributed by atoms with Gasteiger partial charge in [0.2, 0.25) is 17.7 Å². The van der Waals surface area contributed by atoms with Gasteiger partial charge in [-0.2, -0.15) is 0 Å². The fourth-order valence-corrected chi connectivity index (χ4v) is 2.88. The first kappa shape index (κ1) is 12.9. The second-order valence-corrected chi connectivity index (χ2v) is 5.15. The van der Waals surface area contributed by atoms with Gasteiger partial charge in [-0.1, -0.05) is 0 Å². The first-order valence-electron chi connectivity index (χ1n) is 6.76. The number of amides is 2. The lowest BCUT2D eigenvalue weighted by molar-refractivity contribution is -0.154. The zero-order valence-electron chi connectivity index (χ0n) is 11.4. The van der Waals surface area contributed by atoms with E-state index < -0.39 is 0 Å². The van der Waals surface area contributed by atoms with E-state index in [1.807, 2.05) is 6.07 Å². The lowest BCUT2D eigenvalue weighted by atomic mass is 10.1. The molecule has 0 bridgehead atoms. The molecule has 1 atom stereocenters.